The molecular weight excluding hydrogens is 669 g/mol. The lowest BCUT2D eigenvalue weighted by molar-refractivity contribution is 0.395. The van der Waals surface area contributed by atoms with Crippen LogP contribution in [-0.2, 0) is 17.3 Å². The first-order valence-corrected chi connectivity index (χ1v) is 18.3. The highest BCUT2D eigenvalue weighted by atomic mass is 16.5. The molecule has 0 aliphatic carbocycles. The van der Waals surface area contributed by atoms with Gasteiger partial charge in [0.05, 0.1) is 14.2 Å². The van der Waals surface area contributed by atoms with Gasteiger partial charge in [0.15, 0.2) is 0 Å². The summed E-state index contributed by atoms with van der Waals surface area (Å²) in [5, 5.41) is 18.6. The van der Waals surface area contributed by atoms with E-state index in [0.717, 1.165) is 56.9 Å². The van der Waals surface area contributed by atoms with Crippen LogP contribution in [0.25, 0.3) is 33.4 Å². The van der Waals surface area contributed by atoms with Gasteiger partial charge in [-0.15, -0.1) is 30.0 Å². The Bertz CT molecular complexity index is 2450. The van der Waals surface area contributed by atoms with E-state index in [1.165, 1.54) is 22.3 Å². The third-order valence-corrected chi connectivity index (χ3v) is 10.3. The first-order valence-electron chi connectivity index (χ1n) is 18.3. The molecule has 0 unspecified atom stereocenters. The second kappa shape index (κ2) is 15.0. The van der Waals surface area contributed by atoms with Gasteiger partial charge in [-0.05, 0) is 71.1 Å². The van der Waals surface area contributed by atoms with Crippen LogP contribution in [-0.4, -0.2) is 44.2 Å². The lowest BCUT2D eigenvalue weighted by Gasteiger charge is -2.33. The molecule has 8 rings (SSSR count). The van der Waals surface area contributed by atoms with Gasteiger partial charge in [-0.2, -0.15) is 0 Å². The second-order valence-electron chi connectivity index (χ2n) is 14.4. The number of hydrogen-bond acceptors (Lipinski definition) is 6. The Morgan fingerprint density at radius 3 is 1.41 bits per heavy atom. The van der Waals surface area contributed by atoms with Crippen LogP contribution < -0.4 is 9.47 Å². The third-order valence-electron chi connectivity index (χ3n) is 10.3. The molecular formula is C46H46N6O2. The number of benzene rings is 6. The van der Waals surface area contributed by atoms with Crippen molar-refractivity contribution >= 4 is 22.1 Å². The van der Waals surface area contributed by atoms with E-state index >= 15 is 0 Å². The minimum Gasteiger partial charge on any atom is -0.494 e. The van der Waals surface area contributed by atoms with Crippen LogP contribution in [0.4, 0.5) is 0 Å². The van der Waals surface area contributed by atoms with Crippen LogP contribution in [0, 0.1) is 0 Å². The molecule has 54 heavy (non-hydrogen) atoms. The normalized spacial score (nSPS) is 11.7. The largest absolute Gasteiger partial charge is 0.494 e. The average Bonchev–Trinajstić information content (AvgIpc) is 3.86. The molecule has 272 valence electrons. The number of nitrogens with zero attached hydrogens (tertiary/aromatic N) is 6. The standard InChI is InChI=1S/C31H31N3O.C15H15N3O/c1-30(2,22-14-8-6-9-15-22)24-20-25(31(3,4)23-16-10-7-11-17-23)29(35-5)28(21-24)34-32-26-18-12-13-19-27(26)33-34;1-3-11-8-9-15(19-2)14(10-11)18-16-12-6-4-5-7-13(12)17-18/h6-21H,1-5H3;4-10H,3H2,1-2H3. The van der Waals surface area contributed by atoms with Gasteiger partial charge in [-0.3, -0.25) is 0 Å². The number of rotatable bonds is 9. The van der Waals surface area contributed by atoms with Crippen LogP contribution in [0.1, 0.15) is 62.4 Å². The van der Waals surface area contributed by atoms with Crippen LogP contribution >= 0.6 is 0 Å². The molecule has 0 bridgehead atoms. The van der Waals surface area contributed by atoms with Crippen LogP contribution in [0.5, 0.6) is 11.5 Å². The summed E-state index contributed by atoms with van der Waals surface area (Å²) in [4.78, 5) is 3.36. The molecule has 0 aliphatic heterocycles. The van der Waals surface area contributed by atoms with Crippen molar-refractivity contribution in [3.05, 3.63) is 167 Å². The third kappa shape index (κ3) is 6.95. The topological polar surface area (TPSA) is 79.9 Å². The second-order valence-corrected chi connectivity index (χ2v) is 14.4. The molecule has 8 nitrogen and oxygen atoms in total. The quantitative estimate of drug-likeness (QED) is 0.148. The number of aryl methyl sites for hydroxylation is 1. The summed E-state index contributed by atoms with van der Waals surface area (Å²) in [7, 11) is 3.39. The van der Waals surface area contributed by atoms with Crippen LogP contribution in [0.15, 0.2) is 140 Å². The summed E-state index contributed by atoms with van der Waals surface area (Å²) >= 11 is 0. The fraction of sp³-hybridized carbons (Fsp3) is 0.217. The van der Waals surface area contributed by atoms with E-state index in [4.69, 9.17) is 19.7 Å². The van der Waals surface area contributed by atoms with Gasteiger partial charge in [0.2, 0.25) is 0 Å². The van der Waals surface area contributed by atoms with Gasteiger partial charge in [0.1, 0.15) is 44.9 Å². The lowest BCUT2D eigenvalue weighted by Crippen LogP contribution is -2.25. The number of ether oxygens (including phenoxy) is 2. The molecule has 0 saturated heterocycles. The van der Waals surface area contributed by atoms with E-state index in [0.29, 0.717) is 0 Å². The summed E-state index contributed by atoms with van der Waals surface area (Å²) < 4.78 is 11.5. The van der Waals surface area contributed by atoms with Gasteiger partial charge < -0.3 is 9.47 Å². The molecule has 0 atom stereocenters. The molecule has 0 aliphatic rings. The van der Waals surface area contributed by atoms with Crippen molar-refractivity contribution in [2.75, 3.05) is 14.2 Å². The molecule has 0 spiro atoms. The zero-order valence-electron chi connectivity index (χ0n) is 32.0. The Balaban J connectivity index is 0.000000199. The van der Waals surface area contributed by atoms with Crippen molar-refractivity contribution in [2.24, 2.45) is 0 Å². The Morgan fingerprint density at radius 1 is 0.481 bits per heavy atom. The SMILES string of the molecule is CCc1ccc(OC)c(-n2nc3ccccc3n2)c1.COc1c(-n2nc3ccccc3n2)cc(C(C)(C)c2ccccc2)cc1C(C)(C)c1ccccc1. The highest BCUT2D eigenvalue weighted by molar-refractivity contribution is 5.75. The predicted molar refractivity (Wildman–Crippen MR) is 217 cm³/mol. The first kappa shape index (κ1) is 36.1. The maximum atomic E-state index is 6.11. The minimum atomic E-state index is -0.309. The molecule has 6 aromatic carbocycles. The molecule has 0 N–H and O–H groups in total. The zero-order valence-corrected chi connectivity index (χ0v) is 32.0. The van der Waals surface area contributed by atoms with Gasteiger partial charge in [-0.1, -0.05) is 132 Å². The van der Waals surface area contributed by atoms with Gasteiger partial charge >= 0.3 is 0 Å². The fourth-order valence-corrected chi connectivity index (χ4v) is 6.88. The number of methoxy groups -OCH3 is 2. The van der Waals surface area contributed by atoms with E-state index in [9.17, 15) is 0 Å². The summed E-state index contributed by atoms with van der Waals surface area (Å²) in [5.74, 6) is 1.56. The van der Waals surface area contributed by atoms with Crippen molar-refractivity contribution in [3.8, 4) is 22.9 Å². The predicted octanol–water partition coefficient (Wildman–Crippen LogP) is 10.1. The maximum Gasteiger partial charge on any atom is 0.150 e. The van der Waals surface area contributed by atoms with E-state index < -0.39 is 0 Å². The van der Waals surface area contributed by atoms with E-state index in [-0.39, 0.29) is 10.8 Å². The van der Waals surface area contributed by atoms with Crippen LogP contribution in [0.3, 0.4) is 0 Å². The summed E-state index contributed by atoms with van der Waals surface area (Å²) in [6.45, 7) is 11.1. The molecule has 2 heterocycles. The number of hydrogen-bond donors (Lipinski definition) is 0. The molecule has 8 aromatic rings. The van der Waals surface area contributed by atoms with Crippen LogP contribution in [0.2, 0.25) is 0 Å². The highest BCUT2D eigenvalue weighted by Crippen LogP contribution is 2.44. The number of aromatic nitrogens is 6. The highest BCUT2D eigenvalue weighted by Gasteiger charge is 2.33. The maximum absolute atomic E-state index is 6.11. The Morgan fingerprint density at radius 2 is 0.944 bits per heavy atom. The smallest absolute Gasteiger partial charge is 0.150 e. The van der Waals surface area contributed by atoms with Gasteiger partial charge in [-0.25, -0.2) is 0 Å². The van der Waals surface area contributed by atoms with Crippen molar-refractivity contribution in [1.82, 2.24) is 30.0 Å². The van der Waals surface area contributed by atoms with Crippen molar-refractivity contribution in [2.45, 2.75) is 51.9 Å². The summed E-state index contributed by atoms with van der Waals surface area (Å²) in [5.41, 5.74) is 10.6. The Hall–Kier alpha value is -6.28. The molecule has 0 fully saturated rings. The zero-order chi connectivity index (χ0) is 37.9. The first-order chi connectivity index (χ1) is 26.1. The fourth-order valence-electron chi connectivity index (χ4n) is 6.88. The molecule has 8 heteroatoms. The molecule has 2 aromatic heterocycles. The lowest BCUT2D eigenvalue weighted by atomic mass is 9.72. The van der Waals surface area contributed by atoms with Crippen molar-refractivity contribution < 1.29 is 9.47 Å². The Kier molecular flexibility index (Phi) is 10.0. The minimum absolute atomic E-state index is 0.240. The average molecular weight is 715 g/mol. The molecule has 0 amide bonds. The summed E-state index contributed by atoms with van der Waals surface area (Å²) in [6.07, 6.45) is 0.970. The summed E-state index contributed by atoms with van der Waals surface area (Å²) in [6, 6.07) is 47.5. The van der Waals surface area contributed by atoms with Crippen molar-refractivity contribution in [1.29, 1.82) is 0 Å². The van der Waals surface area contributed by atoms with E-state index in [2.05, 4.69) is 130 Å². The Labute approximate surface area is 317 Å². The monoisotopic (exact) mass is 714 g/mol. The van der Waals surface area contributed by atoms with Gasteiger partial charge in [0, 0.05) is 16.4 Å². The van der Waals surface area contributed by atoms with Gasteiger partial charge in [0.25, 0.3) is 0 Å². The molecule has 0 radical (unpaired) electrons. The van der Waals surface area contributed by atoms with E-state index in [1.807, 2.05) is 54.6 Å². The van der Waals surface area contributed by atoms with Crippen molar-refractivity contribution in [3.63, 3.8) is 0 Å². The molecule has 0 saturated carbocycles. The number of fused-ring (bicyclic) bond motifs is 2. The van der Waals surface area contributed by atoms with E-state index in [1.54, 1.807) is 23.8 Å².